The molecule has 1 aromatic carbocycles. The molecular weight excluding hydrogens is 488 g/mol. The summed E-state index contributed by atoms with van der Waals surface area (Å²) in [5, 5.41) is 29.9. The third-order valence-corrected chi connectivity index (χ3v) is 5.71. The fourth-order valence-electron chi connectivity index (χ4n) is 3.93. The number of aryl methyl sites for hydroxylation is 1. The highest BCUT2D eigenvalue weighted by Gasteiger charge is 2.21. The summed E-state index contributed by atoms with van der Waals surface area (Å²) in [6.07, 6.45) is 8.05. The molecule has 3 aromatic heterocycles. The zero-order valence-corrected chi connectivity index (χ0v) is 20.0. The molecule has 6 rings (SSSR count). The number of fused-ring (bicyclic) bond motifs is 8. The zero-order chi connectivity index (χ0) is 26.8. The van der Waals surface area contributed by atoms with Crippen LogP contribution >= 0.6 is 0 Å². The van der Waals surface area contributed by atoms with E-state index >= 15 is 0 Å². The van der Waals surface area contributed by atoms with Gasteiger partial charge in [0.15, 0.2) is 5.75 Å². The monoisotopic (exact) mass is 508 g/mol. The lowest BCUT2D eigenvalue weighted by Crippen LogP contribution is -1.94. The Balaban J connectivity index is 0.000000181. The molecule has 3 N–H and O–H groups in total. The highest BCUT2D eigenvalue weighted by Crippen LogP contribution is 2.33. The smallest absolute Gasteiger partial charge is 0.317 e. The normalized spacial score (nSPS) is 11.6. The van der Waals surface area contributed by atoms with Crippen molar-refractivity contribution in [2.45, 2.75) is 6.92 Å². The van der Waals surface area contributed by atoms with E-state index in [-0.39, 0.29) is 5.56 Å². The molecule has 4 aromatic rings. The van der Waals surface area contributed by atoms with Crippen molar-refractivity contribution in [2.75, 3.05) is 0 Å². The van der Waals surface area contributed by atoms with Gasteiger partial charge in [-0.15, -0.1) is 0 Å². The summed E-state index contributed by atoms with van der Waals surface area (Å²) in [7, 11) is 0. The maximum atomic E-state index is 10.4. The van der Waals surface area contributed by atoms with Crippen LogP contribution in [-0.4, -0.2) is 34.9 Å². The zero-order valence-electron chi connectivity index (χ0n) is 20.0. The number of hydrogen-bond donors (Lipinski definition) is 3. The summed E-state index contributed by atoms with van der Waals surface area (Å²) in [4.78, 5) is 35.1. The Labute approximate surface area is 214 Å². The van der Waals surface area contributed by atoms with Gasteiger partial charge in [-0.05, 0) is 79.8 Å². The van der Waals surface area contributed by atoms with Gasteiger partial charge in [0.25, 0.3) is 5.69 Å². The lowest BCUT2D eigenvalue weighted by atomic mass is 10.1. The van der Waals surface area contributed by atoms with Gasteiger partial charge in [0.2, 0.25) is 0 Å². The number of phenolic OH excluding ortho intramolecular Hbond substituents is 1. The average molecular weight is 508 g/mol. The van der Waals surface area contributed by atoms with Crippen LogP contribution in [0.25, 0.3) is 46.4 Å². The summed E-state index contributed by atoms with van der Waals surface area (Å²) >= 11 is 0. The third kappa shape index (κ3) is 5.31. The van der Waals surface area contributed by atoms with Gasteiger partial charge in [0.1, 0.15) is 0 Å². The molecule has 0 saturated heterocycles. The minimum Gasteiger partial charge on any atom is -0.502 e. The van der Waals surface area contributed by atoms with Gasteiger partial charge < -0.3 is 15.1 Å². The molecule has 2 aliphatic heterocycles. The Morgan fingerprint density at radius 2 is 1.11 bits per heavy atom. The highest BCUT2D eigenvalue weighted by molar-refractivity contribution is 5.77. The maximum absolute atomic E-state index is 10.4. The lowest BCUT2D eigenvalue weighted by molar-refractivity contribution is -0.394. The fraction of sp³-hybridized carbons (Fsp3) is 0.0370. The second-order valence-electron chi connectivity index (χ2n) is 8.55. The number of phenols is 1. The second-order valence-corrected chi connectivity index (χ2v) is 8.55. The molecule has 2 aliphatic rings. The van der Waals surface area contributed by atoms with Gasteiger partial charge >= 0.3 is 5.69 Å². The van der Waals surface area contributed by atoms with Crippen LogP contribution in [0.5, 0.6) is 5.75 Å². The first-order valence-electron chi connectivity index (χ1n) is 11.4. The van der Waals surface area contributed by atoms with Crippen molar-refractivity contribution >= 4 is 57.7 Å². The van der Waals surface area contributed by atoms with Crippen LogP contribution in [0.2, 0.25) is 0 Å². The van der Waals surface area contributed by atoms with Gasteiger partial charge in [0.05, 0.1) is 38.7 Å². The molecule has 0 radical (unpaired) electrons. The summed E-state index contributed by atoms with van der Waals surface area (Å²) < 4.78 is 0. The van der Waals surface area contributed by atoms with Crippen molar-refractivity contribution < 1.29 is 15.0 Å². The lowest BCUT2D eigenvalue weighted by Gasteiger charge is -1.99. The van der Waals surface area contributed by atoms with Crippen molar-refractivity contribution in [3.8, 4) is 5.75 Å². The Morgan fingerprint density at radius 3 is 1.55 bits per heavy atom. The van der Waals surface area contributed by atoms with E-state index in [0.29, 0.717) is 0 Å². The number of aromatic nitrogens is 4. The van der Waals surface area contributed by atoms with Gasteiger partial charge in [-0.3, -0.25) is 20.2 Å². The predicted octanol–water partition coefficient (Wildman–Crippen LogP) is 6.17. The van der Waals surface area contributed by atoms with Gasteiger partial charge in [0, 0.05) is 33.7 Å². The first-order chi connectivity index (χ1) is 18.2. The Morgan fingerprint density at radius 1 is 0.658 bits per heavy atom. The highest BCUT2D eigenvalue weighted by atomic mass is 16.6. The molecule has 0 aliphatic carbocycles. The fourth-order valence-corrected chi connectivity index (χ4v) is 3.93. The van der Waals surface area contributed by atoms with Gasteiger partial charge in [-0.1, -0.05) is 0 Å². The first-order valence-corrected chi connectivity index (χ1v) is 11.4. The number of nitrogens with one attached hydrogen (secondary N) is 2. The van der Waals surface area contributed by atoms with E-state index in [1.807, 2.05) is 42.5 Å². The molecule has 0 fully saturated rings. The topological polar surface area (TPSA) is 164 Å². The number of nitro benzene ring substituents is 2. The van der Waals surface area contributed by atoms with Gasteiger partial charge in [-0.25, -0.2) is 9.97 Å². The van der Waals surface area contributed by atoms with Crippen LogP contribution in [0.1, 0.15) is 28.3 Å². The first kappa shape index (κ1) is 24.1. The van der Waals surface area contributed by atoms with Crippen LogP contribution in [0.15, 0.2) is 60.7 Å². The number of aromatic amines is 2. The van der Waals surface area contributed by atoms with Crippen molar-refractivity contribution in [3.63, 3.8) is 0 Å². The molecule has 0 atom stereocenters. The SMILES string of the molecule is C1=Cc2cc3ccc(cc4ccc(cc5nc(cc1n2)C=C5)[nH]4)[nH]3.Cc1cc([N+](=O)[O-])cc([N+](=O)[O-])c1O. The molecule has 38 heavy (non-hydrogen) atoms. The average Bonchev–Trinajstić information content (AvgIpc) is 3.67. The molecule has 0 saturated carbocycles. The van der Waals surface area contributed by atoms with Crippen molar-refractivity contribution in [3.05, 3.63) is 109 Å². The van der Waals surface area contributed by atoms with E-state index in [1.165, 1.54) is 6.92 Å². The van der Waals surface area contributed by atoms with E-state index in [1.54, 1.807) is 0 Å². The van der Waals surface area contributed by atoms with Gasteiger partial charge in [-0.2, -0.15) is 0 Å². The summed E-state index contributed by atoms with van der Waals surface area (Å²) in [5.74, 6) is -0.541. The van der Waals surface area contributed by atoms with Crippen molar-refractivity contribution in [1.82, 2.24) is 19.9 Å². The van der Waals surface area contributed by atoms with Crippen LogP contribution < -0.4 is 0 Å². The molecule has 8 bridgehead atoms. The molecule has 11 heteroatoms. The van der Waals surface area contributed by atoms with E-state index in [9.17, 15) is 25.3 Å². The Bertz CT molecular complexity index is 1730. The number of nitrogens with zero attached hydrogens (tertiary/aromatic N) is 4. The van der Waals surface area contributed by atoms with E-state index < -0.39 is 27.0 Å². The molecule has 0 amide bonds. The van der Waals surface area contributed by atoms with Crippen molar-refractivity contribution in [1.29, 1.82) is 0 Å². The molecular formula is C27H20N6O5. The number of hydrogen-bond acceptors (Lipinski definition) is 7. The largest absolute Gasteiger partial charge is 0.502 e. The summed E-state index contributed by atoms with van der Waals surface area (Å²) in [5.41, 5.74) is 6.90. The number of benzene rings is 1. The summed E-state index contributed by atoms with van der Waals surface area (Å²) in [6.45, 7) is 1.36. The number of rotatable bonds is 2. The minimum absolute atomic E-state index is 0.103. The minimum atomic E-state index is -0.866. The molecule has 0 unspecified atom stereocenters. The van der Waals surface area contributed by atoms with Crippen molar-refractivity contribution in [2.24, 2.45) is 0 Å². The number of nitro groups is 2. The second kappa shape index (κ2) is 9.82. The van der Waals surface area contributed by atoms with Crippen LogP contribution in [0.4, 0.5) is 11.4 Å². The molecule has 188 valence electrons. The Kier molecular flexibility index (Phi) is 6.23. The molecule has 11 nitrogen and oxygen atoms in total. The standard InChI is InChI=1S/C20H14N4.C7H6N2O5/c1-2-14-10-16-5-6-18(23-16)12-20-8-7-19(24-20)11-17-4-3-15(22-17)9-13(1)21-14;1-4-2-5(8(11)12)3-6(7(4)10)9(13)14/h1-12,21-22H;2-3,10H,1H3. The van der Waals surface area contributed by atoms with Crippen LogP contribution in [-0.2, 0) is 0 Å². The van der Waals surface area contributed by atoms with E-state index in [4.69, 9.17) is 0 Å². The quantitative estimate of drug-likeness (QED) is 0.186. The molecule has 0 spiro atoms. The van der Waals surface area contributed by atoms with E-state index in [2.05, 4.69) is 50.3 Å². The molecule has 5 heterocycles. The Hall–Kier alpha value is -5.58. The van der Waals surface area contributed by atoms with Crippen LogP contribution in [0, 0.1) is 27.2 Å². The van der Waals surface area contributed by atoms with E-state index in [0.717, 1.165) is 57.0 Å². The number of aromatic hydroxyl groups is 1. The predicted molar refractivity (Wildman–Crippen MR) is 145 cm³/mol. The van der Waals surface area contributed by atoms with Crippen LogP contribution in [0.3, 0.4) is 0 Å². The third-order valence-electron chi connectivity index (χ3n) is 5.71. The number of H-pyrrole nitrogens is 2. The maximum Gasteiger partial charge on any atom is 0.317 e. The summed E-state index contributed by atoms with van der Waals surface area (Å²) in [6, 6.07) is 18.2. The number of non-ortho nitro benzene ring substituents is 1.